The molecule has 8 nitrogen and oxygen atoms in total. The highest BCUT2D eigenvalue weighted by atomic mass is 35.5. The lowest BCUT2D eigenvalue weighted by Crippen LogP contribution is -2.51. The van der Waals surface area contributed by atoms with Crippen molar-refractivity contribution in [2.75, 3.05) is 30.8 Å². The lowest BCUT2D eigenvalue weighted by molar-refractivity contribution is -0.139. The van der Waals surface area contributed by atoms with E-state index in [9.17, 15) is 18.0 Å². The lowest BCUT2D eigenvalue weighted by atomic mass is 10.1. The first-order chi connectivity index (χ1) is 15.9. The van der Waals surface area contributed by atoms with Gasteiger partial charge in [-0.25, -0.2) is 8.42 Å². The molecular weight excluding hydrogens is 478 g/mol. The number of rotatable bonds is 11. The van der Waals surface area contributed by atoms with E-state index >= 15 is 0 Å². The Morgan fingerprint density at radius 3 is 2.26 bits per heavy atom. The van der Waals surface area contributed by atoms with Crippen molar-refractivity contribution in [3.05, 3.63) is 59.1 Å². The summed E-state index contributed by atoms with van der Waals surface area (Å²) in [5, 5.41) is 3.34. The number of amides is 2. The second kappa shape index (κ2) is 12.1. The molecule has 0 radical (unpaired) electrons. The number of anilines is 1. The number of carbonyl (C=O) groups excluding carboxylic acids is 2. The van der Waals surface area contributed by atoms with E-state index in [0.717, 1.165) is 16.1 Å². The first kappa shape index (κ1) is 27.5. The van der Waals surface area contributed by atoms with Crippen molar-refractivity contribution in [2.45, 2.75) is 33.4 Å². The van der Waals surface area contributed by atoms with Gasteiger partial charge in [0.25, 0.3) is 0 Å². The quantitative estimate of drug-likeness (QED) is 0.501. The molecule has 1 atom stereocenters. The van der Waals surface area contributed by atoms with Crippen LogP contribution in [0, 0.1) is 5.92 Å². The SMILES string of the molecule is COc1ccc(N(CC(=O)N(Cc2cccc(Cl)c2)[C@H](C)C(=O)NCC(C)C)S(C)(=O)=O)cc1. The van der Waals surface area contributed by atoms with Crippen LogP contribution in [-0.2, 0) is 26.2 Å². The van der Waals surface area contributed by atoms with Crippen LogP contribution >= 0.6 is 11.6 Å². The molecule has 0 aliphatic carbocycles. The second-order valence-electron chi connectivity index (χ2n) is 8.43. The predicted octanol–water partition coefficient (Wildman–Crippen LogP) is 3.30. The van der Waals surface area contributed by atoms with Crippen LogP contribution in [0.15, 0.2) is 48.5 Å². The summed E-state index contributed by atoms with van der Waals surface area (Å²) in [5.41, 5.74) is 1.04. The minimum Gasteiger partial charge on any atom is -0.497 e. The molecule has 186 valence electrons. The Morgan fingerprint density at radius 2 is 1.74 bits per heavy atom. The fourth-order valence-corrected chi connectivity index (χ4v) is 4.29. The number of methoxy groups -OCH3 is 1. The van der Waals surface area contributed by atoms with E-state index in [1.807, 2.05) is 13.8 Å². The first-order valence-electron chi connectivity index (χ1n) is 10.9. The van der Waals surface area contributed by atoms with Gasteiger partial charge in [0.1, 0.15) is 18.3 Å². The van der Waals surface area contributed by atoms with Crippen molar-refractivity contribution in [3.8, 4) is 5.75 Å². The van der Waals surface area contributed by atoms with Gasteiger partial charge in [-0.3, -0.25) is 13.9 Å². The van der Waals surface area contributed by atoms with Crippen LogP contribution < -0.4 is 14.4 Å². The molecule has 2 aromatic rings. The van der Waals surface area contributed by atoms with Gasteiger partial charge in [-0.15, -0.1) is 0 Å². The molecule has 2 aromatic carbocycles. The minimum atomic E-state index is -3.79. The molecule has 0 bridgehead atoms. The Balaban J connectivity index is 2.35. The number of nitrogens with one attached hydrogen (secondary N) is 1. The summed E-state index contributed by atoms with van der Waals surface area (Å²) in [4.78, 5) is 27.6. The van der Waals surface area contributed by atoms with Gasteiger partial charge in [0, 0.05) is 18.1 Å². The van der Waals surface area contributed by atoms with E-state index < -0.39 is 28.5 Å². The number of hydrogen-bond acceptors (Lipinski definition) is 5. The van der Waals surface area contributed by atoms with E-state index in [1.54, 1.807) is 55.5 Å². The Kier molecular flexibility index (Phi) is 9.76. The van der Waals surface area contributed by atoms with Crippen LogP contribution in [0.2, 0.25) is 5.02 Å². The van der Waals surface area contributed by atoms with Gasteiger partial charge in [0.05, 0.1) is 19.1 Å². The molecule has 0 fully saturated rings. The molecule has 0 aliphatic rings. The first-order valence-corrected chi connectivity index (χ1v) is 13.1. The summed E-state index contributed by atoms with van der Waals surface area (Å²) < 4.78 is 31.3. The maximum absolute atomic E-state index is 13.5. The van der Waals surface area contributed by atoms with Crippen molar-refractivity contribution in [1.29, 1.82) is 0 Å². The zero-order chi connectivity index (χ0) is 25.5. The third-order valence-electron chi connectivity index (χ3n) is 5.13. The molecule has 0 heterocycles. The Labute approximate surface area is 206 Å². The molecule has 0 saturated carbocycles. The van der Waals surface area contributed by atoms with Crippen molar-refractivity contribution in [1.82, 2.24) is 10.2 Å². The highest BCUT2D eigenvalue weighted by Gasteiger charge is 2.30. The van der Waals surface area contributed by atoms with E-state index in [2.05, 4.69) is 5.32 Å². The molecule has 0 aliphatic heterocycles. The molecule has 2 amide bonds. The number of nitrogens with zero attached hydrogens (tertiary/aromatic N) is 2. The van der Waals surface area contributed by atoms with Crippen molar-refractivity contribution >= 4 is 39.1 Å². The van der Waals surface area contributed by atoms with Crippen LogP contribution in [0.5, 0.6) is 5.75 Å². The van der Waals surface area contributed by atoms with Gasteiger partial charge >= 0.3 is 0 Å². The van der Waals surface area contributed by atoms with Crippen LogP contribution in [0.25, 0.3) is 0 Å². The average Bonchev–Trinajstić information content (AvgIpc) is 2.78. The van der Waals surface area contributed by atoms with E-state index in [4.69, 9.17) is 16.3 Å². The molecular formula is C24H32ClN3O5S. The molecule has 0 saturated heterocycles. The molecule has 0 spiro atoms. The number of carbonyl (C=O) groups is 2. The number of benzene rings is 2. The van der Waals surface area contributed by atoms with Crippen LogP contribution in [-0.4, -0.2) is 57.6 Å². The van der Waals surface area contributed by atoms with E-state index in [0.29, 0.717) is 23.0 Å². The topological polar surface area (TPSA) is 96.0 Å². The maximum Gasteiger partial charge on any atom is 0.244 e. The average molecular weight is 510 g/mol. The Hall–Kier alpha value is -2.78. The summed E-state index contributed by atoms with van der Waals surface area (Å²) in [5.74, 6) is -0.0431. The van der Waals surface area contributed by atoms with Crippen LogP contribution in [0.4, 0.5) is 5.69 Å². The summed E-state index contributed by atoms with van der Waals surface area (Å²) in [7, 11) is -2.28. The van der Waals surface area contributed by atoms with Crippen LogP contribution in [0.1, 0.15) is 26.3 Å². The smallest absolute Gasteiger partial charge is 0.244 e. The van der Waals surface area contributed by atoms with Gasteiger partial charge in [-0.05, 0) is 54.8 Å². The third kappa shape index (κ3) is 7.92. The van der Waals surface area contributed by atoms with Gasteiger partial charge in [-0.1, -0.05) is 37.6 Å². The summed E-state index contributed by atoms with van der Waals surface area (Å²) in [6.45, 7) is 5.65. The van der Waals surface area contributed by atoms with Gasteiger partial charge in [0.2, 0.25) is 21.8 Å². The van der Waals surface area contributed by atoms with Crippen molar-refractivity contribution < 1.29 is 22.7 Å². The Bertz CT molecular complexity index is 1090. The van der Waals surface area contributed by atoms with Crippen LogP contribution in [0.3, 0.4) is 0 Å². The predicted molar refractivity (Wildman–Crippen MR) is 134 cm³/mol. The second-order valence-corrected chi connectivity index (χ2v) is 10.8. The molecule has 0 unspecified atom stereocenters. The summed E-state index contributed by atoms with van der Waals surface area (Å²) >= 11 is 6.10. The fourth-order valence-electron chi connectivity index (χ4n) is 3.23. The third-order valence-corrected chi connectivity index (χ3v) is 6.51. The van der Waals surface area contributed by atoms with Gasteiger partial charge < -0.3 is 15.0 Å². The zero-order valence-corrected chi connectivity index (χ0v) is 21.7. The monoisotopic (exact) mass is 509 g/mol. The minimum absolute atomic E-state index is 0.0931. The molecule has 1 N–H and O–H groups in total. The number of sulfonamides is 1. The fraction of sp³-hybridized carbons (Fsp3) is 0.417. The molecule has 34 heavy (non-hydrogen) atoms. The van der Waals surface area contributed by atoms with E-state index in [-0.39, 0.29) is 18.4 Å². The maximum atomic E-state index is 13.5. The molecule has 0 aromatic heterocycles. The standard InChI is InChI=1S/C24H32ClN3O5S/c1-17(2)14-26-24(30)18(3)27(15-19-7-6-8-20(25)13-19)23(29)16-28(34(5,31)32)21-9-11-22(33-4)12-10-21/h6-13,17-18H,14-16H2,1-5H3,(H,26,30)/t18-/m1/s1. The highest BCUT2D eigenvalue weighted by molar-refractivity contribution is 7.92. The number of halogens is 1. The highest BCUT2D eigenvalue weighted by Crippen LogP contribution is 2.22. The summed E-state index contributed by atoms with van der Waals surface area (Å²) in [6.07, 6.45) is 1.03. The van der Waals surface area contributed by atoms with Crippen molar-refractivity contribution in [3.63, 3.8) is 0 Å². The van der Waals surface area contributed by atoms with Gasteiger partial charge in [0.15, 0.2) is 0 Å². The molecule has 2 rings (SSSR count). The largest absolute Gasteiger partial charge is 0.497 e. The number of ether oxygens (including phenoxy) is 1. The lowest BCUT2D eigenvalue weighted by Gasteiger charge is -2.31. The molecule has 10 heteroatoms. The summed E-state index contributed by atoms with van der Waals surface area (Å²) in [6, 6.07) is 12.5. The van der Waals surface area contributed by atoms with Crippen molar-refractivity contribution in [2.24, 2.45) is 5.92 Å². The zero-order valence-electron chi connectivity index (χ0n) is 20.1. The normalized spacial score (nSPS) is 12.2. The number of hydrogen-bond donors (Lipinski definition) is 1. The Morgan fingerprint density at radius 1 is 1.09 bits per heavy atom. The van der Waals surface area contributed by atoms with Gasteiger partial charge in [-0.2, -0.15) is 0 Å². The van der Waals surface area contributed by atoms with E-state index in [1.165, 1.54) is 12.0 Å².